The van der Waals surface area contributed by atoms with Crippen molar-refractivity contribution in [3.05, 3.63) is 24.4 Å². The standard InChI is InChI=1S/C13H18N6O3/c20-13(15-2-1-3-19-10-14-9-16-19)11-8-12(22-17-11)18-4-6-21-7-5-18/h8-10H,1-7H2,(H,15,20). The van der Waals surface area contributed by atoms with E-state index in [2.05, 4.69) is 20.6 Å². The zero-order valence-corrected chi connectivity index (χ0v) is 12.1. The molecule has 0 spiro atoms. The summed E-state index contributed by atoms with van der Waals surface area (Å²) in [6.07, 6.45) is 3.90. The number of amides is 1. The van der Waals surface area contributed by atoms with Crippen LogP contribution in [0, 0.1) is 0 Å². The highest BCUT2D eigenvalue weighted by Gasteiger charge is 2.18. The van der Waals surface area contributed by atoms with Gasteiger partial charge in [-0.1, -0.05) is 5.16 Å². The van der Waals surface area contributed by atoms with Gasteiger partial charge in [-0.05, 0) is 6.42 Å². The van der Waals surface area contributed by atoms with Crippen LogP contribution in [0.15, 0.2) is 23.2 Å². The lowest BCUT2D eigenvalue weighted by Gasteiger charge is -2.25. The number of carbonyl (C=O) groups is 1. The maximum atomic E-state index is 12.0. The third-order valence-electron chi connectivity index (χ3n) is 3.37. The number of rotatable bonds is 6. The van der Waals surface area contributed by atoms with Crippen LogP contribution in [0.1, 0.15) is 16.9 Å². The Morgan fingerprint density at radius 1 is 1.36 bits per heavy atom. The lowest BCUT2D eigenvalue weighted by molar-refractivity contribution is 0.0943. The van der Waals surface area contributed by atoms with E-state index in [1.54, 1.807) is 17.1 Å². The molecule has 3 heterocycles. The van der Waals surface area contributed by atoms with E-state index in [0.717, 1.165) is 19.5 Å². The SMILES string of the molecule is O=C(NCCCn1cncn1)c1cc(N2CCOCC2)on1. The average Bonchev–Trinajstić information content (AvgIpc) is 3.24. The first-order valence-corrected chi connectivity index (χ1v) is 7.23. The monoisotopic (exact) mass is 306 g/mol. The topological polar surface area (TPSA) is 98.3 Å². The fraction of sp³-hybridized carbons (Fsp3) is 0.538. The van der Waals surface area contributed by atoms with Gasteiger partial charge < -0.3 is 19.5 Å². The van der Waals surface area contributed by atoms with Gasteiger partial charge in [0.25, 0.3) is 5.91 Å². The normalized spacial score (nSPS) is 15.0. The number of morpholine rings is 1. The first-order valence-electron chi connectivity index (χ1n) is 7.23. The van der Waals surface area contributed by atoms with Gasteiger partial charge in [0.15, 0.2) is 5.69 Å². The van der Waals surface area contributed by atoms with Gasteiger partial charge in [0.1, 0.15) is 12.7 Å². The Morgan fingerprint density at radius 3 is 3.00 bits per heavy atom. The molecule has 0 atom stereocenters. The second-order valence-electron chi connectivity index (χ2n) is 4.92. The number of aryl methyl sites for hydroxylation is 1. The van der Waals surface area contributed by atoms with E-state index in [0.29, 0.717) is 37.9 Å². The highest BCUT2D eigenvalue weighted by molar-refractivity contribution is 5.92. The van der Waals surface area contributed by atoms with Crippen molar-refractivity contribution in [2.75, 3.05) is 37.7 Å². The van der Waals surface area contributed by atoms with E-state index in [-0.39, 0.29) is 5.91 Å². The highest BCUT2D eigenvalue weighted by Crippen LogP contribution is 2.16. The van der Waals surface area contributed by atoms with Gasteiger partial charge in [0.05, 0.1) is 13.2 Å². The van der Waals surface area contributed by atoms with Crippen molar-refractivity contribution < 1.29 is 14.1 Å². The molecule has 0 aliphatic carbocycles. The minimum absolute atomic E-state index is 0.234. The second-order valence-corrected chi connectivity index (χ2v) is 4.92. The molecule has 1 amide bonds. The van der Waals surface area contributed by atoms with Crippen LogP contribution in [-0.4, -0.2) is 58.7 Å². The molecule has 1 fully saturated rings. The van der Waals surface area contributed by atoms with Crippen LogP contribution < -0.4 is 10.2 Å². The number of nitrogens with zero attached hydrogens (tertiary/aromatic N) is 5. The first kappa shape index (κ1) is 14.5. The van der Waals surface area contributed by atoms with Crippen LogP contribution in [0.2, 0.25) is 0 Å². The highest BCUT2D eigenvalue weighted by atomic mass is 16.5. The van der Waals surface area contributed by atoms with Crippen LogP contribution in [0.3, 0.4) is 0 Å². The molecule has 1 aliphatic heterocycles. The maximum Gasteiger partial charge on any atom is 0.273 e. The number of aromatic nitrogens is 4. The number of hydrogen-bond acceptors (Lipinski definition) is 7. The summed E-state index contributed by atoms with van der Waals surface area (Å²) < 4.78 is 12.2. The first-order chi connectivity index (χ1) is 10.8. The van der Waals surface area contributed by atoms with Crippen molar-refractivity contribution in [3.8, 4) is 0 Å². The number of carbonyl (C=O) groups excluding carboxylic acids is 1. The van der Waals surface area contributed by atoms with Crippen molar-refractivity contribution in [3.63, 3.8) is 0 Å². The van der Waals surface area contributed by atoms with Crippen LogP contribution in [0.4, 0.5) is 5.88 Å². The molecular formula is C13H18N6O3. The summed E-state index contributed by atoms with van der Waals surface area (Å²) >= 11 is 0. The fourth-order valence-electron chi connectivity index (χ4n) is 2.19. The summed E-state index contributed by atoms with van der Waals surface area (Å²) in [7, 11) is 0. The Balaban J connectivity index is 1.44. The molecule has 1 N–H and O–H groups in total. The molecule has 0 aromatic carbocycles. The van der Waals surface area contributed by atoms with Gasteiger partial charge in [-0.15, -0.1) is 0 Å². The minimum atomic E-state index is -0.234. The number of anilines is 1. The number of nitrogens with one attached hydrogen (secondary N) is 1. The Kier molecular flexibility index (Phi) is 4.64. The van der Waals surface area contributed by atoms with Gasteiger partial charge >= 0.3 is 0 Å². The van der Waals surface area contributed by atoms with Crippen molar-refractivity contribution in [1.82, 2.24) is 25.2 Å². The van der Waals surface area contributed by atoms with Crippen molar-refractivity contribution in [1.29, 1.82) is 0 Å². The predicted molar refractivity (Wildman–Crippen MR) is 76.5 cm³/mol. The quantitative estimate of drug-likeness (QED) is 0.745. The zero-order valence-electron chi connectivity index (χ0n) is 12.1. The molecule has 2 aromatic rings. The molecule has 0 saturated carbocycles. The Bertz CT molecular complexity index is 591. The van der Waals surface area contributed by atoms with E-state index >= 15 is 0 Å². The molecule has 22 heavy (non-hydrogen) atoms. The van der Waals surface area contributed by atoms with Gasteiger partial charge in [0, 0.05) is 32.2 Å². The second kappa shape index (κ2) is 7.03. The smallest absolute Gasteiger partial charge is 0.273 e. The Morgan fingerprint density at radius 2 is 2.23 bits per heavy atom. The van der Waals surface area contributed by atoms with E-state index < -0.39 is 0 Å². The summed E-state index contributed by atoms with van der Waals surface area (Å²) in [5.41, 5.74) is 0.294. The third-order valence-corrected chi connectivity index (χ3v) is 3.37. The molecule has 9 nitrogen and oxygen atoms in total. The molecule has 9 heteroatoms. The van der Waals surface area contributed by atoms with Crippen LogP contribution in [-0.2, 0) is 11.3 Å². The molecule has 2 aromatic heterocycles. The predicted octanol–water partition coefficient (Wildman–Crippen LogP) is -0.0772. The summed E-state index contributed by atoms with van der Waals surface area (Å²) in [6, 6.07) is 1.66. The Hall–Kier alpha value is -2.42. The number of hydrogen-bond donors (Lipinski definition) is 1. The van der Waals surface area contributed by atoms with E-state index in [4.69, 9.17) is 9.26 Å². The number of ether oxygens (including phenoxy) is 1. The molecule has 1 saturated heterocycles. The van der Waals surface area contributed by atoms with Crippen molar-refractivity contribution >= 4 is 11.8 Å². The maximum absolute atomic E-state index is 12.0. The average molecular weight is 306 g/mol. The fourth-order valence-corrected chi connectivity index (χ4v) is 2.19. The van der Waals surface area contributed by atoms with Crippen LogP contribution in [0.5, 0.6) is 0 Å². The molecule has 1 aliphatic rings. The zero-order chi connectivity index (χ0) is 15.2. The molecule has 3 rings (SSSR count). The molecule has 0 radical (unpaired) electrons. The third kappa shape index (κ3) is 3.61. The van der Waals surface area contributed by atoms with E-state index in [9.17, 15) is 4.79 Å². The van der Waals surface area contributed by atoms with E-state index in [1.165, 1.54) is 6.33 Å². The lowest BCUT2D eigenvalue weighted by atomic mass is 10.3. The minimum Gasteiger partial charge on any atom is -0.378 e. The molecule has 118 valence electrons. The summed E-state index contributed by atoms with van der Waals surface area (Å²) in [5.74, 6) is 0.373. The molecule has 0 unspecified atom stereocenters. The van der Waals surface area contributed by atoms with Gasteiger partial charge in [-0.3, -0.25) is 9.48 Å². The summed E-state index contributed by atoms with van der Waals surface area (Å²) in [5, 5.41) is 10.6. The van der Waals surface area contributed by atoms with E-state index in [1.807, 2.05) is 4.90 Å². The van der Waals surface area contributed by atoms with Crippen LogP contribution >= 0.6 is 0 Å². The summed E-state index contributed by atoms with van der Waals surface area (Å²) in [6.45, 7) is 4.05. The summed E-state index contributed by atoms with van der Waals surface area (Å²) in [4.78, 5) is 17.9. The van der Waals surface area contributed by atoms with Crippen molar-refractivity contribution in [2.45, 2.75) is 13.0 Å². The Labute approximate surface area is 127 Å². The van der Waals surface area contributed by atoms with Crippen LogP contribution in [0.25, 0.3) is 0 Å². The van der Waals surface area contributed by atoms with Gasteiger partial charge in [-0.25, -0.2) is 4.98 Å². The largest absolute Gasteiger partial charge is 0.378 e. The molecule has 0 bridgehead atoms. The lowest BCUT2D eigenvalue weighted by Crippen LogP contribution is -2.35. The van der Waals surface area contributed by atoms with Gasteiger partial charge in [-0.2, -0.15) is 5.10 Å². The van der Waals surface area contributed by atoms with Gasteiger partial charge in [0.2, 0.25) is 5.88 Å². The van der Waals surface area contributed by atoms with Crippen molar-refractivity contribution in [2.24, 2.45) is 0 Å². The molecular weight excluding hydrogens is 288 g/mol.